The second-order valence-corrected chi connectivity index (χ2v) is 5.03. The molecule has 0 bridgehead atoms. The number of rotatable bonds is 5. The van der Waals surface area contributed by atoms with Crippen LogP contribution in [-0.2, 0) is 16.1 Å². The number of amides is 3. The standard InChI is InChI=1S/C13H14ClN3O3/c14-9-3-1-2-7-8(9)6-17(13(7)20)10(12(16)19)4-5-11(15)18/h1-3,10H,4-6H2,(H2,15,18)(H2,16,19). The zero-order chi connectivity index (χ0) is 14.9. The van der Waals surface area contributed by atoms with E-state index in [4.69, 9.17) is 23.1 Å². The molecular weight excluding hydrogens is 282 g/mol. The maximum absolute atomic E-state index is 12.3. The van der Waals surface area contributed by atoms with Gasteiger partial charge >= 0.3 is 0 Å². The van der Waals surface area contributed by atoms with E-state index in [1.165, 1.54) is 4.90 Å². The lowest BCUT2D eigenvalue weighted by Gasteiger charge is -2.24. The van der Waals surface area contributed by atoms with Gasteiger partial charge in [0, 0.05) is 29.1 Å². The molecule has 0 saturated heterocycles. The van der Waals surface area contributed by atoms with E-state index in [2.05, 4.69) is 0 Å². The normalized spacial score (nSPS) is 15.1. The zero-order valence-corrected chi connectivity index (χ0v) is 11.4. The van der Waals surface area contributed by atoms with Crippen LogP contribution in [0, 0.1) is 0 Å². The number of halogens is 1. The summed E-state index contributed by atoms with van der Waals surface area (Å²) in [5.41, 5.74) is 11.5. The van der Waals surface area contributed by atoms with Gasteiger partial charge in [-0.05, 0) is 18.6 Å². The van der Waals surface area contributed by atoms with Crippen LogP contribution in [-0.4, -0.2) is 28.7 Å². The van der Waals surface area contributed by atoms with E-state index in [-0.39, 0.29) is 25.3 Å². The number of carbonyl (C=O) groups excluding carboxylic acids is 3. The smallest absolute Gasteiger partial charge is 0.255 e. The third-order valence-corrected chi connectivity index (χ3v) is 3.66. The van der Waals surface area contributed by atoms with Crippen molar-refractivity contribution in [2.75, 3.05) is 0 Å². The van der Waals surface area contributed by atoms with Crippen molar-refractivity contribution in [1.29, 1.82) is 0 Å². The number of primary amides is 2. The quantitative estimate of drug-likeness (QED) is 0.821. The fraction of sp³-hybridized carbons (Fsp3) is 0.308. The number of nitrogens with zero attached hydrogens (tertiary/aromatic N) is 1. The lowest BCUT2D eigenvalue weighted by Crippen LogP contribution is -2.45. The van der Waals surface area contributed by atoms with Gasteiger partial charge in [-0.2, -0.15) is 0 Å². The van der Waals surface area contributed by atoms with Gasteiger partial charge in [0.1, 0.15) is 6.04 Å². The minimum atomic E-state index is -0.863. The zero-order valence-electron chi connectivity index (χ0n) is 10.6. The molecule has 1 unspecified atom stereocenters. The Morgan fingerprint density at radius 3 is 2.60 bits per heavy atom. The fourth-order valence-electron chi connectivity index (χ4n) is 2.30. The van der Waals surface area contributed by atoms with Crippen LogP contribution in [0.2, 0.25) is 5.02 Å². The number of hydrogen-bond donors (Lipinski definition) is 2. The minimum Gasteiger partial charge on any atom is -0.370 e. The lowest BCUT2D eigenvalue weighted by molar-refractivity contribution is -0.123. The highest BCUT2D eigenvalue weighted by atomic mass is 35.5. The van der Waals surface area contributed by atoms with Crippen LogP contribution < -0.4 is 11.5 Å². The molecule has 1 aliphatic heterocycles. The van der Waals surface area contributed by atoms with E-state index in [1.54, 1.807) is 18.2 Å². The summed E-state index contributed by atoms with van der Waals surface area (Å²) < 4.78 is 0. The molecule has 20 heavy (non-hydrogen) atoms. The van der Waals surface area contributed by atoms with Crippen LogP contribution in [0.4, 0.5) is 0 Å². The highest BCUT2D eigenvalue weighted by molar-refractivity contribution is 6.32. The van der Waals surface area contributed by atoms with Crippen molar-refractivity contribution >= 4 is 29.3 Å². The minimum absolute atomic E-state index is 0.0124. The average molecular weight is 296 g/mol. The molecule has 0 fully saturated rings. The fourth-order valence-corrected chi connectivity index (χ4v) is 2.53. The molecule has 0 radical (unpaired) electrons. The molecule has 1 heterocycles. The molecule has 7 heteroatoms. The number of hydrogen-bond acceptors (Lipinski definition) is 3. The Morgan fingerprint density at radius 1 is 1.35 bits per heavy atom. The summed E-state index contributed by atoms with van der Waals surface area (Å²) in [6.07, 6.45) is 0.101. The first-order valence-corrected chi connectivity index (χ1v) is 6.45. The van der Waals surface area contributed by atoms with Gasteiger partial charge in [-0.1, -0.05) is 17.7 Å². The largest absolute Gasteiger partial charge is 0.370 e. The van der Waals surface area contributed by atoms with Gasteiger partial charge in [-0.3, -0.25) is 14.4 Å². The Morgan fingerprint density at radius 2 is 2.05 bits per heavy atom. The van der Waals surface area contributed by atoms with E-state index in [0.717, 1.165) is 0 Å². The summed E-state index contributed by atoms with van der Waals surface area (Å²) in [7, 11) is 0. The molecule has 0 spiro atoms. The van der Waals surface area contributed by atoms with E-state index in [1.807, 2.05) is 0 Å². The second-order valence-electron chi connectivity index (χ2n) is 4.62. The SMILES string of the molecule is NC(=O)CCC(C(N)=O)N1Cc2c(Cl)cccc2C1=O. The first kappa shape index (κ1) is 14.3. The van der Waals surface area contributed by atoms with Crippen molar-refractivity contribution in [2.24, 2.45) is 11.5 Å². The molecule has 1 aromatic carbocycles. The van der Waals surface area contributed by atoms with E-state index >= 15 is 0 Å². The highest BCUT2D eigenvalue weighted by Gasteiger charge is 2.36. The first-order chi connectivity index (χ1) is 9.41. The molecule has 1 aliphatic rings. The van der Waals surface area contributed by atoms with Gasteiger partial charge in [-0.15, -0.1) is 0 Å². The summed E-state index contributed by atoms with van der Waals surface area (Å²) in [5.74, 6) is -1.52. The summed E-state index contributed by atoms with van der Waals surface area (Å²) in [6.45, 7) is 0.209. The van der Waals surface area contributed by atoms with Crippen LogP contribution in [0.15, 0.2) is 18.2 Å². The summed E-state index contributed by atoms with van der Waals surface area (Å²) >= 11 is 6.04. The molecule has 2 rings (SSSR count). The highest BCUT2D eigenvalue weighted by Crippen LogP contribution is 2.31. The monoisotopic (exact) mass is 295 g/mol. The van der Waals surface area contributed by atoms with Crippen LogP contribution in [0.3, 0.4) is 0 Å². The third kappa shape index (κ3) is 2.60. The second kappa shape index (κ2) is 5.50. The summed E-state index contributed by atoms with van der Waals surface area (Å²) in [5, 5.41) is 0.469. The van der Waals surface area contributed by atoms with E-state index < -0.39 is 17.9 Å². The van der Waals surface area contributed by atoms with Crippen LogP contribution >= 0.6 is 11.6 Å². The predicted molar refractivity (Wildman–Crippen MR) is 72.7 cm³/mol. The molecule has 6 nitrogen and oxygen atoms in total. The first-order valence-electron chi connectivity index (χ1n) is 6.07. The van der Waals surface area contributed by atoms with Gasteiger partial charge in [0.05, 0.1) is 0 Å². The molecular formula is C13H14ClN3O3. The van der Waals surface area contributed by atoms with E-state index in [0.29, 0.717) is 16.1 Å². The van der Waals surface area contributed by atoms with Crippen molar-refractivity contribution in [2.45, 2.75) is 25.4 Å². The molecule has 0 saturated carbocycles. The molecule has 1 aromatic rings. The Bertz CT molecular complexity index is 588. The number of benzene rings is 1. The van der Waals surface area contributed by atoms with Crippen molar-refractivity contribution in [1.82, 2.24) is 4.90 Å². The maximum atomic E-state index is 12.3. The van der Waals surface area contributed by atoms with Crippen LogP contribution in [0.1, 0.15) is 28.8 Å². The maximum Gasteiger partial charge on any atom is 0.255 e. The topological polar surface area (TPSA) is 106 Å². The number of carbonyl (C=O) groups is 3. The van der Waals surface area contributed by atoms with Crippen LogP contribution in [0.25, 0.3) is 0 Å². The van der Waals surface area contributed by atoms with Crippen molar-refractivity contribution in [3.05, 3.63) is 34.3 Å². The Labute approximate surface area is 120 Å². The summed E-state index contributed by atoms with van der Waals surface area (Å²) in [6, 6.07) is 4.14. The van der Waals surface area contributed by atoms with Crippen LogP contribution in [0.5, 0.6) is 0 Å². The van der Waals surface area contributed by atoms with Gasteiger partial charge < -0.3 is 16.4 Å². The van der Waals surface area contributed by atoms with Crippen molar-refractivity contribution in [3.8, 4) is 0 Å². The molecule has 0 aliphatic carbocycles. The van der Waals surface area contributed by atoms with Crippen molar-refractivity contribution < 1.29 is 14.4 Å². The number of nitrogens with two attached hydrogens (primary N) is 2. The van der Waals surface area contributed by atoms with Crippen molar-refractivity contribution in [3.63, 3.8) is 0 Å². The molecule has 106 valence electrons. The Kier molecular flexibility index (Phi) is 3.94. The molecule has 0 aromatic heterocycles. The predicted octanol–water partition coefficient (Wildman–Crippen LogP) is 0.415. The third-order valence-electron chi connectivity index (χ3n) is 3.31. The average Bonchev–Trinajstić information content (AvgIpc) is 2.69. The number of fused-ring (bicyclic) bond motifs is 1. The molecule has 4 N–H and O–H groups in total. The molecule has 1 atom stereocenters. The molecule has 3 amide bonds. The summed E-state index contributed by atoms with van der Waals surface area (Å²) in [4.78, 5) is 36.0. The van der Waals surface area contributed by atoms with Gasteiger partial charge in [0.15, 0.2) is 0 Å². The Balaban J connectivity index is 2.25. The van der Waals surface area contributed by atoms with Gasteiger partial charge in [0.25, 0.3) is 5.91 Å². The Hall–Kier alpha value is -2.08. The van der Waals surface area contributed by atoms with Gasteiger partial charge in [-0.25, -0.2) is 0 Å². The van der Waals surface area contributed by atoms with Gasteiger partial charge in [0.2, 0.25) is 11.8 Å². The lowest BCUT2D eigenvalue weighted by atomic mass is 10.1. The van der Waals surface area contributed by atoms with E-state index in [9.17, 15) is 14.4 Å².